The molecule has 0 aromatic heterocycles. The number of piperazine rings is 1. The van der Waals surface area contributed by atoms with Gasteiger partial charge in [-0.15, -0.1) is 0 Å². The van der Waals surface area contributed by atoms with Crippen LogP contribution < -0.4 is 10.2 Å². The molecule has 0 bridgehead atoms. The number of rotatable bonds is 3. The molecule has 8 heteroatoms. The minimum absolute atomic E-state index is 0.150. The molecule has 1 atom stereocenters. The number of benzene rings is 1. The number of alkyl halides is 3. The van der Waals surface area contributed by atoms with Crippen LogP contribution in [-0.2, 0) is 10.9 Å². The van der Waals surface area contributed by atoms with Crippen LogP contribution in [-0.4, -0.2) is 56.4 Å². The number of halogens is 3. The fraction of sp³-hybridized carbons (Fsp3) is 0.533. The number of amides is 1. The summed E-state index contributed by atoms with van der Waals surface area (Å²) in [5.74, 6) is 0. The van der Waals surface area contributed by atoms with E-state index in [-0.39, 0.29) is 6.10 Å². The van der Waals surface area contributed by atoms with E-state index in [1.807, 2.05) is 4.90 Å². The summed E-state index contributed by atoms with van der Waals surface area (Å²) in [6.07, 6.45) is -4.86. The van der Waals surface area contributed by atoms with Crippen LogP contribution >= 0.6 is 0 Å². The van der Waals surface area contributed by atoms with Gasteiger partial charge < -0.3 is 15.0 Å². The molecule has 1 unspecified atom stereocenters. The smallest absolute Gasteiger partial charge is 0.416 e. The molecule has 2 aliphatic heterocycles. The number of carbonyl (C=O) groups is 1. The summed E-state index contributed by atoms with van der Waals surface area (Å²) in [4.78, 5) is 15.1. The maximum absolute atomic E-state index is 12.8. The van der Waals surface area contributed by atoms with Crippen LogP contribution in [0.25, 0.3) is 0 Å². The first-order valence-corrected chi connectivity index (χ1v) is 7.51. The zero-order chi connectivity index (χ0) is 16.4. The second kappa shape index (κ2) is 6.27. The quantitative estimate of drug-likeness (QED) is 0.920. The molecule has 3 rings (SSSR count). The first-order chi connectivity index (χ1) is 10.9. The van der Waals surface area contributed by atoms with Crippen molar-refractivity contribution in [1.82, 2.24) is 10.2 Å². The summed E-state index contributed by atoms with van der Waals surface area (Å²) in [6, 6.07) is 5.42. The van der Waals surface area contributed by atoms with Gasteiger partial charge in [0.15, 0.2) is 0 Å². The maximum Gasteiger partial charge on any atom is 0.416 e. The van der Waals surface area contributed by atoms with Crippen molar-refractivity contribution in [2.75, 3.05) is 44.2 Å². The largest absolute Gasteiger partial charge is 0.443 e. The van der Waals surface area contributed by atoms with Crippen LogP contribution in [0.1, 0.15) is 5.56 Å². The number of carbonyl (C=O) groups excluding carboxylic acids is 1. The number of anilines is 1. The van der Waals surface area contributed by atoms with Crippen LogP contribution in [0.5, 0.6) is 0 Å². The second-order valence-electron chi connectivity index (χ2n) is 5.74. The van der Waals surface area contributed by atoms with Gasteiger partial charge in [0.1, 0.15) is 6.10 Å². The van der Waals surface area contributed by atoms with Gasteiger partial charge in [0.05, 0.1) is 12.1 Å². The van der Waals surface area contributed by atoms with Crippen molar-refractivity contribution in [3.63, 3.8) is 0 Å². The zero-order valence-electron chi connectivity index (χ0n) is 12.5. The standard InChI is InChI=1S/C15H18F3N3O2/c16-15(17,18)11-2-1-3-12(8-11)21-6-4-20(5-7-21)10-13-9-19-14(22)23-13/h1-3,8,13H,4-7,9-10H2,(H,19,22). The summed E-state index contributed by atoms with van der Waals surface area (Å²) in [7, 11) is 0. The first-order valence-electron chi connectivity index (χ1n) is 7.51. The highest BCUT2D eigenvalue weighted by atomic mass is 19.4. The van der Waals surface area contributed by atoms with Gasteiger partial charge in [0, 0.05) is 38.4 Å². The van der Waals surface area contributed by atoms with Gasteiger partial charge in [-0.1, -0.05) is 6.07 Å². The number of alkyl carbamates (subject to hydrolysis) is 1. The highest BCUT2D eigenvalue weighted by Crippen LogP contribution is 2.31. The second-order valence-corrected chi connectivity index (χ2v) is 5.74. The van der Waals surface area contributed by atoms with E-state index < -0.39 is 17.8 Å². The lowest BCUT2D eigenvalue weighted by molar-refractivity contribution is -0.137. The molecular weight excluding hydrogens is 311 g/mol. The predicted octanol–water partition coefficient (Wildman–Crippen LogP) is 1.94. The third kappa shape index (κ3) is 3.87. The molecule has 0 aliphatic carbocycles. The van der Waals surface area contributed by atoms with Crippen molar-refractivity contribution in [1.29, 1.82) is 0 Å². The third-order valence-corrected chi connectivity index (χ3v) is 4.12. The SMILES string of the molecule is O=C1NCC(CN2CCN(c3cccc(C(F)(F)F)c3)CC2)O1. The number of hydrogen-bond acceptors (Lipinski definition) is 4. The van der Waals surface area contributed by atoms with Crippen LogP contribution in [0.15, 0.2) is 24.3 Å². The topological polar surface area (TPSA) is 44.8 Å². The fourth-order valence-electron chi connectivity index (χ4n) is 2.89. The number of ether oxygens (including phenoxy) is 1. The minimum atomic E-state index is -4.32. The lowest BCUT2D eigenvalue weighted by atomic mass is 10.1. The van der Waals surface area contributed by atoms with Crippen molar-refractivity contribution >= 4 is 11.8 Å². The van der Waals surface area contributed by atoms with E-state index in [1.54, 1.807) is 6.07 Å². The summed E-state index contributed by atoms with van der Waals surface area (Å²) >= 11 is 0. The molecule has 2 heterocycles. The van der Waals surface area contributed by atoms with Crippen molar-refractivity contribution in [2.24, 2.45) is 0 Å². The molecule has 5 nitrogen and oxygen atoms in total. The van der Waals surface area contributed by atoms with Crippen molar-refractivity contribution < 1.29 is 22.7 Å². The van der Waals surface area contributed by atoms with Crippen molar-refractivity contribution in [3.8, 4) is 0 Å². The van der Waals surface area contributed by atoms with E-state index in [9.17, 15) is 18.0 Å². The molecule has 1 N–H and O–H groups in total. The monoisotopic (exact) mass is 329 g/mol. The Kier molecular flexibility index (Phi) is 4.34. The molecule has 0 saturated carbocycles. The summed E-state index contributed by atoms with van der Waals surface area (Å²) in [6.45, 7) is 3.90. The Morgan fingerprint density at radius 1 is 1.22 bits per heavy atom. The third-order valence-electron chi connectivity index (χ3n) is 4.12. The molecule has 1 aromatic carbocycles. The van der Waals surface area contributed by atoms with Crippen molar-refractivity contribution in [2.45, 2.75) is 12.3 Å². The molecule has 0 spiro atoms. The van der Waals surface area contributed by atoms with Crippen molar-refractivity contribution in [3.05, 3.63) is 29.8 Å². The Labute approximate surface area is 132 Å². The van der Waals surface area contributed by atoms with Crippen LogP contribution in [0.2, 0.25) is 0 Å². The Morgan fingerprint density at radius 3 is 2.57 bits per heavy atom. The van der Waals surface area contributed by atoms with Gasteiger partial charge in [-0.05, 0) is 18.2 Å². The van der Waals surface area contributed by atoms with Crippen LogP contribution in [0.4, 0.5) is 23.7 Å². The molecule has 2 fully saturated rings. The average Bonchev–Trinajstić information content (AvgIpc) is 2.92. The average molecular weight is 329 g/mol. The molecule has 2 saturated heterocycles. The highest BCUT2D eigenvalue weighted by molar-refractivity contribution is 5.69. The lowest BCUT2D eigenvalue weighted by Gasteiger charge is -2.36. The Morgan fingerprint density at radius 2 is 1.96 bits per heavy atom. The maximum atomic E-state index is 12.8. The summed E-state index contributed by atoms with van der Waals surface area (Å²) in [5.41, 5.74) is -0.0326. The first kappa shape index (κ1) is 15.9. The van der Waals surface area contributed by atoms with E-state index in [2.05, 4.69) is 10.2 Å². The number of cyclic esters (lactones) is 1. The molecular formula is C15H18F3N3O2. The molecule has 126 valence electrons. The Bertz CT molecular complexity index is 571. The van der Waals surface area contributed by atoms with Gasteiger partial charge in [0.25, 0.3) is 0 Å². The molecule has 2 aliphatic rings. The van der Waals surface area contributed by atoms with E-state index in [0.717, 1.165) is 19.2 Å². The Hall–Kier alpha value is -1.96. The van der Waals surface area contributed by atoms with Gasteiger partial charge >= 0.3 is 12.3 Å². The molecule has 1 aromatic rings. The number of hydrogen-bond donors (Lipinski definition) is 1. The van der Waals surface area contributed by atoms with Gasteiger partial charge in [-0.25, -0.2) is 4.79 Å². The molecule has 0 radical (unpaired) electrons. The summed E-state index contributed by atoms with van der Waals surface area (Å²) in [5, 5.41) is 2.61. The molecule has 23 heavy (non-hydrogen) atoms. The van der Waals surface area contributed by atoms with Gasteiger partial charge in [-0.3, -0.25) is 4.90 Å². The van der Waals surface area contributed by atoms with Gasteiger partial charge in [0.2, 0.25) is 0 Å². The van der Waals surface area contributed by atoms with E-state index in [0.29, 0.717) is 31.9 Å². The lowest BCUT2D eigenvalue weighted by Crippen LogP contribution is -2.49. The highest BCUT2D eigenvalue weighted by Gasteiger charge is 2.31. The van der Waals surface area contributed by atoms with E-state index >= 15 is 0 Å². The Balaban J connectivity index is 1.55. The zero-order valence-corrected chi connectivity index (χ0v) is 12.5. The fourth-order valence-corrected chi connectivity index (χ4v) is 2.89. The normalized spacial score (nSPS) is 22.8. The predicted molar refractivity (Wildman–Crippen MR) is 78.4 cm³/mol. The number of nitrogens with zero attached hydrogens (tertiary/aromatic N) is 2. The van der Waals surface area contributed by atoms with E-state index in [1.165, 1.54) is 12.1 Å². The van der Waals surface area contributed by atoms with Crippen LogP contribution in [0.3, 0.4) is 0 Å². The summed E-state index contributed by atoms with van der Waals surface area (Å²) < 4.78 is 43.4. The minimum Gasteiger partial charge on any atom is -0.443 e. The van der Waals surface area contributed by atoms with Crippen LogP contribution in [0, 0.1) is 0 Å². The van der Waals surface area contributed by atoms with Gasteiger partial charge in [-0.2, -0.15) is 13.2 Å². The number of nitrogens with one attached hydrogen (secondary N) is 1. The molecule has 1 amide bonds. The van der Waals surface area contributed by atoms with E-state index in [4.69, 9.17) is 4.74 Å².